The number of aromatic nitrogens is 2. The van der Waals surface area contributed by atoms with Crippen molar-refractivity contribution in [3.63, 3.8) is 0 Å². The van der Waals surface area contributed by atoms with E-state index < -0.39 is 23.4 Å². The number of pyridine rings is 2. The average Bonchev–Trinajstić information content (AvgIpc) is 2.95. The maximum atomic E-state index is 13.8. The van der Waals surface area contributed by atoms with Crippen LogP contribution < -0.4 is 20.1 Å². The molecule has 0 spiro atoms. The standard InChI is InChI=1S/C30H31ClFN5O5S/c1-30(2,3)42-29(39)37-13-11-22(25(28(37)38)27(43)36-23-7-5-6-21(31)26(23)40-4)35-14-18-10-12-33-16-24(18)41-17-20-9-8-19(32)15-34-20/h5-10,12,15-16,35H,11,13-14,17H2,1-4H3,(H,36,43). The quantitative estimate of drug-likeness (QED) is 0.282. The van der Waals surface area contributed by atoms with Gasteiger partial charge in [-0.25, -0.2) is 14.1 Å². The minimum Gasteiger partial charge on any atom is -0.493 e. The van der Waals surface area contributed by atoms with Gasteiger partial charge in [-0.05, 0) is 51.1 Å². The monoisotopic (exact) mass is 627 g/mol. The SMILES string of the molecule is COc1c(Cl)cccc1NC(=S)C1=C(NCc2ccncc2OCc2ccc(F)cn2)CCN(C(=O)OC(C)(C)C)C1=O. The first-order valence-corrected chi connectivity index (χ1v) is 14.1. The Hall–Kier alpha value is -4.29. The van der Waals surface area contributed by atoms with Gasteiger partial charge in [0.15, 0.2) is 5.75 Å². The number of carbonyl (C=O) groups excluding carboxylic acids is 2. The molecule has 0 bridgehead atoms. The van der Waals surface area contributed by atoms with Gasteiger partial charge in [0.05, 0.1) is 41.5 Å². The van der Waals surface area contributed by atoms with Crippen LogP contribution in [0.1, 0.15) is 38.4 Å². The lowest BCUT2D eigenvalue weighted by Gasteiger charge is -2.31. The lowest BCUT2D eigenvalue weighted by atomic mass is 10.0. The van der Waals surface area contributed by atoms with Crippen LogP contribution in [0.15, 0.2) is 66.3 Å². The number of anilines is 1. The number of benzene rings is 1. The number of hydrogen-bond donors (Lipinski definition) is 2. The molecular formula is C30H31ClFN5O5S. The predicted molar refractivity (Wildman–Crippen MR) is 163 cm³/mol. The van der Waals surface area contributed by atoms with E-state index in [0.717, 1.165) is 16.7 Å². The van der Waals surface area contributed by atoms with Gasteiger partial charge in [-0.2, -0.15) is 0 Å². The van der Waals surface area contributed by atoms with Gasteiger partial charge >= 0.3 is 6.09 Å². The highest BCUT2D eigenvalue weighted by Gasteiger charge is 2.36. The van der Waals surface area contributed by atoms with Gasteiger partial charge in [0.1, 0.15) is 28.8 Å². The van der Waals surface area contributed by atoms with Crippen LogP contribution in [0.25, 0.3) is 0 Å². The minimum atomic E-state index is -0.798. The third kappa shape index (κ3) is 8.17. The Morgan fingerprint density at radius 1 is 1.19 bits per heavy atom. The van der Waals surface area contributed by atoms with Crippen molar-refractivity contribution in [2.24, 2.45) is 0 Å². The minimum absolute atomic E-state index is 0.0647. The summed E-state index contributed by atoms with van der Waals surface area (Å²) in [5.74, 6) is -0.226. The van der Waals surface area contributed by atoms with Crippen LogP contribution in [-0.4, -0.2) is 51.1 Å². The predicted octanol–water partition coefficient (Wildman–Crippen LogP) is 5.81. The Balaban J connectivity index is 1.60. The van der Waals surface area contributed by atoms with E-state index in [1.165, 1.54) is 19.2 Å². The van der Waals surface area contributed by atoms with Gasteiger partial charge in [0, 0.05) is 37.0 Å². The van der Waals surface area contributed by atoms with Crippen molar-refractivity contribution in [3.8, 4) is 11.5 Å². The van der Waals surface area contributed by atoms with Crippen molar-refractivity contribution in [1.82, 2.24) is 20.2 Å². The molecule has 0 atom stereocenters. The smallest absolute Gasteiger partial charge is 0.417 e. The van der Waals surface area contributed by atoms with Crippen molar-refractivity contribution in [3.05, 3.63) is 88.4 Å². The molecule has 0 aliphatic carbocycles. The molecule has 0 unspecified atom stereocenters. The van der Waals surface area contributed by atoms with Crippen molar-refractivity contribution in [2.45, 2.75) is 45.9 Å². The molecule has 0 saturated heterocycles. The Morgan fingerprint density at radius 3 is 2.67 bits per heavy atom. The number of amides is 2. The second kappa shape index (κ2) is 13.8. The van der Waals surface area contributed by atoms with Crippen molar-refractivity contribution >= 4 is 46.5 Å². The van der Waals surface area contributed by atoms with Crippen LogP contribution in [0.3, 0.4) is 0 Å². The van der Waals surface area contributed by atoms with E-state index in [0.29, 0.717) is 33.6 Å². The fourth-order valence-corrected chi connectivity index (χ4v) is 4.72. The van der Waals surface area contributed by atoms with E-state index in [9.17, 15) is 14.0 Å². The molecule has 2 N–H and O–H groups in total. The van der Waals surface area contributed by atoms with Crippen molar-refractivity contribution < 1.29 is 28.2 Å². The average molecular weight is 628 g/mol. The third-order valence-electron chi connectivity index (χ3n) is 6.13. The maximum Gasteiger partial charge on any atom is 0.417 e. The summed E-state index contributed by atoms with van der Waals surface area (Å²) in [6.07, 6.45) is 3.81. The number of methoxy groups -OCH3 is 1. The molecule has 13 heteroatoms. The molecule has 3 aromatic rings. The summed E-state index contributed by atoms with van der Waals surface area (Å²) < 4.78 is 30.0. The normalized spacial score (nSPS) is 13.4. The molecule has 1 aliphatic rings. The number of nitrogens with zero attached hydrogens (tertiary/aromatic N) is 3. The largest absolute Gasteiger partial charge is 0.493 e. The molecule has 1 aromatic carbocycles. The van der Waals surface area contributed by atoms with Gasteiger partial charge in [-0.1, -0.05) is 29.9 Å². The number of hydrogen-bond acceptors (Lipinski definition) is 9. The van der Waals surface area contributed by atoms with Crippen molar-refractivity contribution in [1.29, 1.82) is 0 Å². The Bertz CT molecular complexity index is 1540. The molecule has 0 saturated carbocycles. The van der Waals surface area contributed by atoms with Gasteiger partial charge < -0.3 is 24.8 Å². The Kier molecular flexibility index (Phi) is 10.1. The van der Waals surface area contributed by atoms with Gasteiger partial charge in [-0.3, -0.25) is 14.8 Å². The van der Waals surface area contributed by atoms with Crippen LogP contribution >= 0.6 is 23.8 Å². The summed E-state index contributed by atoms with van der Waals surface area (Å²) in [6, 6.07) is 9.70. The summed E-state index contributed by atoms with van der Waals surface area (Å²) in [5.41, 5.74) is 1.55. The number of imide groups is 1. The molecule has 3 heterocycles. The lowest BCUT2D eigenvalue weighted by molar-refractivity contribution is -0.126. The van der Waals surface area contributed by atoms with E-state index in [-0.39, 0.29) is 36.7 Å². The number of ether oxygens (including phenoxy) is 3. The lowest BCUT2D eigenvalue weighted by Crippen LogP contribution is -2.47. The second-order valence-electron chi connectivity index (χ2n) is 10.4. The summed E-state index contributed by atoms with van der Waals surface area (Å²) in [6.45, 7) is 5.60. The second-order valence-corrected chi connectivity index (χ2v) is 11.2. The highest BCUT2D eigenvalue weighted by atomic mass is 35.5. The fourth-order valence-electron chi connectivity index (χ4n) is 4.15. The molecule has 2 aromatic heterocycles. The number of thiocarbonyl (C=S) groups is 1. The molecule has 10 nitrogen and oxygen atoms in total. The van der Waals surface area contributed by atoms with E-state index in [2.05, 4.69) is 20.6 Å². The number of para-hydroxylation sites is 1. The zero-order valence-corrected chi connectivity index (χ0v) is 25.6. The highest BCUT2D eigenvalue weighted by molar-refractivity contribution is 7.81. The molecule has 43 heavy (non-hydrogen) atoms. The molecule has 4 rings (SSSR count). The van der Waals surface area contributed by atoms with E-state index in [4.69, 9.17) is 38.0 Å². The van der Waals surface area contributed by atoms with Crippen LogP contribution in [0.4, 0.5) is 14.9 Å². The molecule has 1 aliphatic heterocycles. The van der Waals surface area contributed by atoms with Crippen LogP contribution in [-0.2, 0) is 22.7 Å². The molecule has 2 amide bonds. The number of carbonyl (C=O) groups is 2. The van der Waals surface area contributed by atoms with E-state index >= 15 is 0 Å². The Labute approximate surface area is 259 Å². The number of halogens is 2. The van der Waals surface area contributed by atoms with E-state index in [1.54, 1.807) is 57.4 Å². The van der Waals surface area contributed by atoms with Gasteiger partial charge in [0.2, 0.25) is 0 Å². The van der Waals surface area contributed by atoms with E-state index in [1.807, 2.05) is 0 Å². The molecule has 0 fully saturated rings. The highest BCUT2D eigenvalue weighted by Crippen LogP contribution is 2.33. The van der Waals surface area contributed by atoms with Crippen LogP contribution in [0.2, 0.25) is 5.02 Å². The topological polar surface area (TPSA) is 115 Å². The first-order valence-electron chi connectivity index (χ1n) is 13.3. The molecular weight excluding hydrogens is 597 g/mol. The number of rotatable bonds is 9. The summed E-state index contributed by atoms with van der Waals surface area (Å²) in [7, 11) is 1.47. The molecule has 226 valence electrons. The van der Waals surface area contributed by atoms with Crippen LogP contribution in [0.5, 0.6) is 11.5 Å². The zero-order chi connectivity index (χ0) is 31.1. The zero-order valence-electron chi connectivity index (χ0n) is 24.1. The van der Waals surface area contributed by atoms with Gasteiger partial charge in [-0.15, -0.1) is 0 Å². The van der Waals surface area contributed by atoms with Crippen molar-refractivity contribution in [2.75, 3.05) is 19.0 Å². The first-order chi connectivity index (χ1) is 20.5. The first kappa shape index (κ1) is 31.6. The van der Waals surface area contributed by atoms with Gasteiger partial charge in [0.25, 0.3) is 5.91 Å². The third-order valence-corrected chi connectivity index (χ3v) is 6.74. The molecule has 0 radical (unpaired) electrons. The fraction of sp³-hybridized carbons (Fsp3) is 0.300. The Morgan fingerprint density at radius 2 is 1.98 bits per heavy atom. The van der Waals surface area contributed by atoms with Crippen LogP contribution in [0, 0.1) is 5.82 Å². The summed E-state index contributed by atoms with van der Waals surface area (Å²) in [4.78, 5) is 35.9. The maximum absolute atomic E-state index is 13.8. The summed E-state index contributed by atoms with van der Waals surface area (Å²) in [5, 5.41) is 6.70. The number of nitrogens with one attached hydrogen (secondary N) is 2. The summed E-state index contributed by atoms with van der Waals surface area (Å²) >= 11 is 12.0.